The molecule has 1 saturated heterocycles. The highest BCUT2D eigenvalue weighted by Crippen LogP contribution is 2.43. The van der Waals surface area contributed by atoms with E-state index in [0.29, 0.717) is 47.9 Å². The Morgan fingerprint density at radius 3 is 2.44 bits per heavy atom. The average molecular weight is 467 g/mol. The molecule has 1 heterocycles. The van der Waals surface area contributed by atoms with E-state index in [-0.39, 0.29) is 5.91 Å². The first-order chi connectivity index (χ1) is 16.4. The number of nitrogens with one attached hydrogen (secondary N) is 1. The highest BCUT2D eigenvalue weighted by atomic mass is 16.5. The number of likely N-dealkylation sites (tertiary alicyclic amines) is 1. The minimum absolute atomic E-state index is 0.149. The number of nitrogens with zero attached hydrogens (tertiary/aromatic N) is 1. The maximum atomic E-state index is 13.4. The van der Waals surface area contributed by atoms with Gasteiger partial charge in [0.25, 0.3) is 5.91 Å². The summed E-state index contributed by atoms with van der Waals surface area (Å²) in [5.74, 6) is 1.42. The summed E-state index contributed by atoms with van der Waals surface area (Å²) in [4.78, 5) is 15.9. The predicted molar refractivity (Wildman–Crippen MR) is 137 cm³/mol. The first-order valence-corrected chi connectivity index (χ1v) is 12.0. The van der Waals surface area contributed by atoms with E-state index in [0.717, 1.165) is 36.1 Å². The Kier molecular flexibility index (Phi) is 8.99. The Morgan fingerprint density at radius 1 is 1.12 bits per heavy atom. The molecule has 1 fully saturated rings. The van der Waals surface area contributed by atoms with Gasteiger partial charge in [-0.25, -0.2) is 0 Å². The molecule has 1 amide bonds. The van der Waals surface area contributed by atoms with E-state index in [1.54, 1.807) is 27.4 Å². The van der Waals surface area contributed by atoms with Crippen LogP contribution in [0.15, 0.2) is 42.0 Å². The van der Waals surface area contributed by atoms with Gasteiger partial charge in [-0.05, 0) is 58.2 Å². The zero-order valence-electron chi connectivity index (χ0n) is 21.3. The molecule has 184 valence electrons. The highest BCUT2D eigenvalue weighted by Gasteiger charge is 2.31. The summed E-state index contributed by atoms with van der Waals surface area (Å²) in [7, 11) is 4.78. The van der Waals surface area contributed by atoms with E-state index < -0.39 is 0 Å². The Morgan fingerprint density at radius 2 is 1.82 bits per heavy atom. The molecule has 2 aromatic rings. The average Bonchev–Trinajstić information content (AvgIpc) is 3.31. The summed E-state index contributed by atoms with van der Waals surface area (Å²) in [6.07, 6.45) is 5.04. The van der Waals surface area contributed by atoms with E-state index >= 15 is 0 Å². The summed E-state index contributed by atoms with van der Waals surface area (Å²) in [5, 5.41) is 3.09. The van der Waals surface area contributed by atoms with Gasteiger partial charge in [0.15, 0.2) is 11.5 Å². The number of hydrogen-bond donors (Lipinski definition) is 1. The lowest BCUT2D eigenvalue weighted by Gasteiger charge is -2.30. The minimum atomic E-state index is -0.149. The van der Waals surface area contributed by atoms with Gasteiger partial charge in [0.2, 0.25) is 5.75 Å². The van der Waals surface area contributed by atoms with E-state index in [1.165, 1.54) is 0 Å². The number of rotatable bonds is 10. The maximum absolute atomic E-state index is 13.4. The van der Waals surface area contributed by atoms with E-state index in [9.17, 15) is 4.79 Å². The Bertz CT molecular complexity index is 1000. The van der Waals surface area contributed by atoms with Crippen molar-refractivity contribution in [2.75, 3.05) is 34.4 Å². The van der Waals surface area contributed by atoms with Crippen LogP contribution in [-0.4, -0.2) is 57.3 Å². The van der Waals surface area contributed by atoms with Crippen LogP contribution in [0.25, 0.3) is 6.08 Å². The van der Waals surface area contributed by atoms with Gasteiger partial charge in [-0.15, -0.1) is 0 Å². The molecule has 1 aliphatic rings. The van der Waals surface area contributed by atoms with Gasteiger partial charge < -0.3 is 19.5 Å². The molecule has 0 aromatic heterocycles. The molecule has 0 spiro atoms. The van der Waals surface area contributed by atoms with Crippen LogP contribution in [0.4, 0.5) is 0 Å². The van der Waals surface area contributed by atoms with Crippen LogP contribution in [0.5, 0.6) is 17.2 Å². The zero-order valence-corrected chi connectivity index (χ0v) is 21.3. The molecular weight excluding hydrogens is 428 g/mol. The highest BCUT2D eigenvalue weighted by molar-refractivity contribution is 5.97. The molecular formula is C28H38N2O4. The molecule has 0 bridgehead atoms. The second-order valence-electron chi connectivity index (χ2n) is 9.09. The molecule has 6 heteroatoms. The number of methoxy groups -OCH3 is 3. The largest absolute Gasteiger partial charge is 0.493 e. The van der Waals surface area contributed by atoms with Gasteiger partial charge in [0.1, 0.15) is 0 Å². The third-order valence-electron chi connectivity index (χ3n) is 6.44. The van der Waals surface area contributed by atoms with Crippen LogP contribution in [0.2, 0.25) is 0 Å². The number of carbonyl (C=O) groups excluding carboxylic acids is 1. The van der Waals surface area contributed by atoms with Gasteiger partial charge >= 0.3 is 0 Å². The number of hydrogen-bond acceptors (Lipinski definition) is 5. The van der Waals surface area contributed by atoms with Crippen molar-refractivity contribution in [1.29, 1.82) is 0 Å². The Hall–Kier alpha value is -2.99. The van der Waals surface area contributed by atoms with Gasteiger partial charge in [-0.2, -0.15) is 0 Å². The van der Waals surface area contributed by atoms with Crippen molar-refractivity contribution in [3.05, 3.63) is 58.7 Å². The van der Waals surface area contributed by atoms with Gasteiger partial charge in [0, 0.05) is 24.2 Å². The molecule has 2 aromatic carbocycles. The van der Waals surface area contributed by atoms with Crippen molar-refractivity contribution in [1.82, 2.24) is 10.2 Å². The number of benzene rings is 2. The monoisotopic (exact) mass is 466 g/mol. The van der Waals surface area contributed by atoms with Crippen molar-refractivity contribution in [2.45, 2.75) is 52.1 Å². The van der Waals surface area contributed by atoms with Crippen LogP contribution >= 0.6 is 0 Å². The second kappa shape index (κ2) is 11.9. The molecule has 3 rings (SSSR count). The lowest BCUT2D eigenvalue weighted by Crippen LogP contribution is -2.37. The molecule has 0 radical (unpaired) electrons. The SMILES string of the molecule is COc1cc(C(=O)NCC(C)=Cc2ccccc2)c(C[C@@H]2CCCN2C(C)C)c(OC)c1OC. The normalized spacial score (nSPS) is 16.6. The van der Waals surface area contributed by atoms with Gasteiger partial charge in [-0.3, -0.25) is 9.69 Å². The van der Waals surface area contributed by atoms with E-state index in [4.69, 9.17) is 14.2 Å². The minimum Gasteiger partial charge on any atom is -0.493 e. The Balaban J connectivity index is 1.92. The lowest BCUT2D eigenvalue weighted by atomic mass is 9.95. The van der Waals surface area contributed by atoms with Crippen LogP contribution in [0, 0.1) is 0 Å². The first-order valence-electron chi connectivity index (χ1n) is 12.0. The summed E-state index contributed by atoms with van der Waals surface area (Å²) < 4.78 is 17.0. The van der Waals surface area contributed by atoms with Crippen LogP contribution in [-0.2, 0) is 6.42 Å². The molecule has 0 saturated carbocycles. The molecule has 6 nitrogen and oxygen atoms in total. The Labute approximate surface area is 203 Å². The van der Waals surface area contributed by atoms with Crippen molar-refractivity contribution in [3.63, 3.8) is 0 Å². The van der Waals surface area contributed by atoms with E-state index in [2.05, 4.69) is 30.1 Å². The number of carbonyl (C=O) groups is 1. The first kappa shape index (κ1) is 25.6. The van der Waals surface area contributed by atoms with Crippen LogP contribution in [0.3, 0.4) is 0 Å². The molecule has 1 atom stereocenters. The predicted octanol–water partition coefficient (Wildman–Crippen LogP) is 4.96. The molecule has 0 unspecified atom stereocenters. The van der Waals surface area contributed by atoms with Crippen LogP contribution in [0.1, 0.15) is 55.1 Å². The molecule has 34 heavy (non-hydrogen) atoms. The standard InChI is InChI=1S/C28H38N2O4/c1-19(2)30-14-10-13-22(30)16-23-24(17-25(32-4)27(34-6)26(23)33-5)28(31)29-18-20(3)15-21-11-8-7-9-12-21/h7-9,11-12,15,17,19,22H,10,13-14,16,18H2,1-6H3,(H,29,31)/t22-/m0/s1. The fraction of sp³-hybridized carbons (Fsp3) is 0.464. The van der Waals surface area contributed by atoms with E-state index in [1.807, 2.05) is 37.3 Å². The van der Waals surface area contributed by atoms with Gasteiger partial charge in [0.05, 0.1) is 26.9 Å². The van der Waals surface area contributed by atoms with Crippen molar-refractivity contribution >= 4 is 12.0 Å². The zero-order chi connectivity index (χ0) is 24.7. The molecule has 0 aliphatic carbocycles. The summed E-state index contributed by atoms with van der Waals surface area (Å²) in [5.41, 5.74) is 3.60. The maximum Gasteiger partial charge on any atom is 0.252 e. The smallest absolute Gasteiger partial charge is 0.252 e. The fourth-order valence-corrected chi connectivity index (χ4v) is 4.81. The summed E-state index contributed by atoms with van der Waals surface area (Å²) in [6, 6.07) is 12.7. The van der Waals surface area contributed by atoms with Crippen LogP contribution < -0.4 is 19.5 Å². The van der Waals surface area contributed by atoms with Crippen molar-refractivity contribution in [2.24, 2.45) is 0 Å². The fourth-order valence-electron chi connectivity index (χ4n) is 4.81. The second-order valence-corrected chi connectivity index (χ2v) is 9.09. The molecule has 1 aliphatic heterocycles. The number of amides is 1. The third-order valence-corrected chi connectivity index (χ3v) is 6.44. The number of ether oxygens (including phenoxy) is 3. The quantitative estimate of drug-likeness (QED) is 0.536. The third kappa shape index (κ3) is 5.92. The van der Waals surface area contributed by atoms with Gasteiger partial charge in [-0.1, -0.05) is 42.0 Å². The van der Waals surface area contributed by atoms with Crippen molar-refractivity contribution < 1.29 is 19.0 Å². The molecule has 1 N–H and O–H groups in total. The van der Waals surface area contributed by atoms with Crippen molar-refractivity contribution in [3.8, 4) is 17.2 Å². The lowest BCUT2D eigenvalue weighted by molar-refractivity contribution is 0.0954. The summed E-state index contributed by atoms with van der Waals surface area (Å²) in [6.45, 7) is 7.98. The summed E-state index contributed by atoms with van der Waals surface area (Å²) >= 11 is 0. The topological polar surface area (TPSA) is 60.0 Å².